The van der Waals surface area contributed by atoms with Gasteiger partial charge in [0.2, 0.25) is 0 Å². The Hall–Kier alpha value is -0.590. The van der Waals surface area contributed by atoms with Crippen LogP contribution in [-0.2, 0) is 4.79 Å². The monoisotopic (exact) mass is 250 g/mol. The lowest BCUT2D eigenvalue weighted by Crippen LogP contribution is -2.21. The molecule has 104 valence electrons. The lowest BCUT2D eigenvalue weighted by molar-refractivity contribution is -0.119. The van der Waals surface area contributed by atoms with Crippen LogP contribution in [0.2, 0.25) is 0 Å². The first kappa shape index (κ1) is 15.5. The Kier molecular flexibility index (Phi) is 4.46. The van der Waals surface area contributed by atoms with Gasteiger partial charge in [-0.25, -0.2) is 0 Å². The van der Waals surface area contributed by atoms with E-state index < -0.39 is 0 Å². The fourth-order valence-corrected chi connectivity index (χ4v) is 2.98. The highest BCUT2D eigenvalue weighted by Crippen LogP contribution is 2.47. The Labute approximate surface area is 113 Å². The van der Waals surface area contributed by atoms with Crippen LogP contribution < -0.4 is 0 Å². The van der Waals surface area contributed by atoms with E-state index in [9.17, 15) is 4.79 Å². The van der Waals surface area contributed by atoms with E-state index in [0.717, 1.165) is 18.4 Å². The van der Waals surface area contributed by atoms with Crippen LogP contribution in [0.15, 0.2) is 11.1 Å². The molecule has 0 saturated carbocycles. The van der Waals surface area contributed by atoms with Crippen LogP contribution in [0.5, 0.6) is 0 Å². The molecule has 0 N–H and O–H groups in total. The summed E-state index contributed by atoms with van der Waals surface area (Å²) in [6.45, 7) is 15.4. The zero-order valence-corrected chi connectivity index (χ0v) is 13.3. The van der Waals surface area contributed by atoms with Crippen LogP contribution >= 0.6 is 0 Å². The molecule has 18 heavy (non-hydrogen) atoms. The van der Waals surface area contributed by atoms with Crippen molar-refractivity contribution >= 4 is 5.78 Å². The van der Waals surface area contributed by atoms with Gasteiger partial charge in [0.15, 0.2) is 5.78 Å². The van der Waals surface area contributed by atoms with Gasteiger partial charge in [-0.1, -0.05) is 66.9 Å². The summed E-state index contributed by atoms with van der Waals surface area (Å²) in [5, 5.41) is 0. The van der Waals surface area contributed by atoms with Gasteiger partial charge in [0, 0.05) is 11.5 Å². The largest absolute Gasteiger partial charge is 0.294 e. The molecule has 0 amide bonds. The molecule has 1 heteroatoms. The summed E-state index contributed by atoms with van der Waals surface area (Å²) in [5.41, 5.74) is 2.64. The summed E-state index contributed by atoms with van der Waals surface area (Å²) in [5.74, 6) is 0.689. The molecule has 0 fully saturated rings. The SMILES string of the molecule is CCCCC1CC(C(C)(C)C)=C(C(C)(C)C)C1=O. The number of ketones is 1. The first-order valence-corrected chi connectivity index (χ1v) is 7.37. The average Bonchev–Trinajstić information content (AvgIpc) is 2.51. The second-order valence-corrected chi connectivity index (χ2v) is 7.76. The Morgan fingerprint density at radius 1 is 1.06 bits per heavy atom. The van der Waals surface area contributed by atoms with E-state index in [-0.39, 0.29) is 16.7 Å². The molecule has 1 aliphatic carbocycles. The molecule has 1 rings (SSSR count). The zero-order chi connectivity index (χ0) is 14.1. The summed E-state index contributed by atoms with van der Waals surface area (Å²) in [7, 11) is 0. The van der Waals surface area contributed by atoms with E-state index >= 15 is 0 Å². The summed E-state index contributed by atoms with van der Waals surface area (Å²) in [4.78, 5) is 12.7. The van der Waals surface area contributed by atoms with Gasteiger partial charge in [-0.15, -0.1) is 0 Å². The summed E-state index contributed by atoms with van der Waals surface area (Å²) < 4.78 is 0. The van der Waals surface area contributed by atoms with E-state index in [1.807, 2.05) is 0 Å². The lowest BCUT2D eigenvalue weighted by atomic mass is 9.76. The van der Waals surface area contributed by atoms with E-state index in [4.69, 9.17) is 0 Å². The molecule has 0 heterocycles. The molecule has 0 aliphatic heterocycles. The average molecular weight is 250 g/mol. The minimum atomic E-state index is -0.0132. The second-order valence-electron chi connectivity index (χ2n) is 7.76. The minimum absolute atomic E-state index is 0.0132. The normalized spacial score (nSPS) is 21.9. The molecule has 1 nitrogen and oxygen atoms in total. The van der Waals surface area contributed by atoms with Gasteiger partial charge in [-0.2, -0.15) is 0 Å². The Morgan fingerprint density at radius 3 is 1.94 bits per heavy atom. The van der Waals surface area contributed by atoms with Crippen molar-refractivity contribution in [3.63, 3.8) is 0 Å². The number of allylic oxidation sites excluding steroid dienone is 2. The number of hydrogen-bond acceptors (Lipinski definition) is 1. The molecular weight excluding hydrogens is 220 g/mol. The molecule has 1 atom stereocenters. The number of rotatable bonds is 3. The van der Waals surface area contributed by atoms with Gasteiger partial charge in [-0.3, -0.25) is 4.79 Å². The fraction of sp³-hybridized carbons (Fsp3) is 0.824. The molecule has 1 aliphatic rings. The third-order valence-electron chi connectivity index (χ3n) is 3.93. The van der Waals surface area contributed by atoms with E-state index in [1.54, 1.807) is 0 Å². The van der Waals surface area contributed by atoms with Crippen molar-refractivity contribution in [3.05, 3.63) is 11.1 Å². The summed E-state index contributed by atoms with van der Waals surface area (Å²) >= 11 is 0. The van der Waals surface area contributed by atoms with Gasteiger partial charge in [0.25, 0.3) is 0 Å². The maximum atomic E-state index is 12.7. The third-order valence-corrected chi connectivity index (χ3v) is 3.93. The van der Waals surface area contributed by atoms with Gasteiger partial charge in [0.1, 0.15) is 0 Å². The first-order valence-electron chi connectivity index (χ1n) is 7.37. The molecule has 0 aromatic rings. The van der Waals surface area contributed by atoms with Crippen LogP contribution in [0, 0.1) is 16.7 Å². The zero-order valence-electron chi connectivity index (χ0n) is 13.3. The van der Waals surface area contributed by atoms with Gasteiger partial charge in [-0.05, 0) is 23.7 Å². The summed E-state index contributed by atoms with van der Waals surface area (Å²) in [6.07, 6.45) is 4.41. The van der Waals surface area contributed by atoms with Crippen molar-refractivity contribution in [2.75, 3.05) is 0 Å². The third kappa shape index (κ3) is 3.24. The van der Waals surface area contributed by atoms with E-state index in [0.29, 0.717) is 5.78 Å². The van der Waals surface area contributed by atoms with E-state index in [1.165, 1.54) is 18.4 Å². The Bertz CT molecular complexity index is 347. The standard InChI is InChI=1S/C17H30O/c1-8-9-10-12-11-13(16(2,3)4)14(15(12)18)17(5,6)7/h12H,8-11H2,1-7H3. The predicted octanol–water partition coefficient (Wildman–Crippen LogP) is 5.15. The van der Waals surface area contributed by atoms with Crippen LogP contribution in [-0.4, -0.2) is 5.78 Å². The molecular formula is C17H30O. The molecule has 0 aromatic carbocycles. The van der Waals surface area contributed by atoms with Crippen molar-refractivity contribution in [1.82, 2.24) is 0 Å². The molecule has 0 bridgehead atoms. The number of carbonyl (C=O) groups is 1. The van der Waals surface area contributed by atoms with Crippen LogP contribution in [0.1, 0.15) is 74.1 Å². The van der Waals surface area contributed by atoms with E-state index in [2.05, 4.69) is 48.5 Å². The molecule has 0 saturated heterocycles. The van der Waals surface area contributed by atoms with Gasteiger partial charge < -0.3 is 0 Å². The van der Waals surface area contributed by atoms with Gasteiger partial charge in [0.05, 0.1) is 0 Å². The highest BCUT2D eigenvalue weighted by molar-refractivity contribution is 6.01. The number of hydrogen-bond donors (Lipinski definition) is 0. The van der Waals surface area contributed by atoms with Crippen molar-refractivity contribution in [2.24, 2.45) is 16.7 Å². The van der Waals surface area contributed by atoms with Gasteiger partial charge >= 0.3 is 0 Å². The predicted molar refractivity (Wildman–Crippen MR) is 78.6 cm³/mol. The van der Waals surface area contributed by atoms with Crippen LogP contribution in [0.25, 0.3) is 0 Å². The summed E-state index contributed by atoms with van der Waals surface area (Å²) in [6, 6.07) is 0. The topological polar surface area (TPSA) is 17.1 Å². The first-order chi connectivity index (χ1) is 8.09. The van der Waals surface area contributed by atoms with Crippen LogP contribution in [0.4, 0.5) is 0 Å². The maximum Gasteiger partial charge on any atom is 0.162 e. The smallest absolute Gasteiger partial charge is 0.162 e. The fourth-order valence-electron chi connectivity index (χ4n) is 2.98. The van der Waals surface area contributed by atoms with Crippen molar-refractivity contribution in [2.45, 2.75) is 74.1 Å². The number of carbonyl (C=O) groups excluding carboxylic acids is 1. The van der Waals surface area contributed by atoms with Crippen molar-refractivity contribution in [1.29, 1.82) is 0 Å². The molecule has 0 spiro atoms. The molecule has 0 radical (unpaired) electrons. The minimum Gasteiger partial charge on any atom is -0.294 e. The quantitative estimate of drug-likeness (QED) is 0.676. The molecule has 0 aromatic heterocycles. The number of unbranched alkanes of at least 4 members (excludes halogenated alkanes) is 1. The van der Waals surface area contributed by atoms with Crippen LogP contribution in [0.3, 0.4) is 0 Å². The van der Waals surface area contributed by atoms with Crippen molar-refractivity contribution in [3.8, 4) is 0 Å². The Morgan fingerprint density at radius 2 is 1.61 bits per heavy atom. The number of Topliss-reactive ketones (excluding diaryl/α,β-unsaturated/α-hetero) is 1. The highest BCUT2D eigenvalue weighted by Gasteiger charge is 2.41. The Balaban J connectivity index is 3.07. The van der Waals surface area contributed by atoms with Crippen molar-refractivity contribution < 1.29 is 4.79 Å². The second kappa shape index (κ2) is 5.19. The maximum absolute atomic E-state index is 12.7. The highest BCUT2D eigenvalue weighted by atomic mass is 16.1. The lowest BCUT2D eigenvalue weighted by Gasteiger charge is -2.28. The molecule has 1 unspecified atom stereocenters.